The van der Waals surface area contributed by atoms with Crippen molar-refractivity contribution in [2.45, 2.75) is 0 Å². The molecule has 0 saturated carbocycles. The molecular formula is C13H20N2O2S. The molecule has 4 nitrogen and oxygen atoms in total. The minimum absolute atomic E-state index is 0.418. The summed E-state index contributed by atoms with van der Waals surface area (Å²) < 4.78 is 10.2. The first-order valence-electron chi connectivity index (χ1n) is 5.81. The summed E-state index contributed by atoms with van der Waals surface area (Å²) >= 11 is 4.94. The average Bonchev–Trinajstić information content (AvgIpc) is 2.39. The van der Waals surface area contributed by atoms with E-state index in [2.05, 4.69) is 4.90 Å². The van der Waals surface area contributed by atoms with Crippen molar-refractivity contribution in [1.82, 2.24) is 0 Å². The van der Waals surface area contributed by atoms with Crippen LogP contribution >= 0.6 is 12.2 Å². The maximum Gasteiger partial charge on any atom is 0.103 e. The molecule has 0 spiro atoms. The fourth-order valence-electron chi connectivity index (χ4n) is 1.61. The largest absolute Gasteiger partial charge is 0.389 e. The van der Waals surface area contributed by atoms with Crippen LogP contribution in [0.4, 0.5) is 5.69 Å². The Bertz CT molecular complexity index is 360. The summed E-state index contributed by atoms with van der Waals surface area (Å²) in [6.07, 6.45) is 0. The summed E-state index contributed by atoms with van der Waals surface area (Å²) in [6.45, 7) is 3.01. The molecule has 0 aliphatic rings. The molecule has 0 bridgehead atoms. The Morgan fingerprint density at radius 3 is 2.00 bits per heavy atom. The molecule has 0 fully saturated rings. The lowest BCUT2D eigenvalue weighted by molar-refractivity contribution is 0.190. The molecule has 0 aromatic heterocycles. The SMILES string of the molecule is COCCN(CCOC)c1ccc(C(N)=S)cc1. The van der Waals surface area contributed by atoms with Gasteiger partial charge in [-0.3, -0.25) is 0 Å². The minimum atomic E-state index is 0.418. The molecule has 0 radical (unpaired) electrons. The van der Waals surface area contributed by atoms with E-state index in [9.17, 15) is 0 Å². The molecule has 0 heterocycles. The van der Waals surface area contributed by atoms with Crippen LogP contribution in [0.3, 0.4) is 0 Å². The molecule has 1 rings (SSSR count). The van der Waals surface area contributed by atoms with Crippen molar-refractivity contribution >= 4 is 22.9 Å². The third kappa shape index (κ3) is 4.60. The predicted molar refractivity (Wildman–Crippen MR) is 78.3 cm³/mol. The van der Waals surface area contributed by atoms with Crippen LogP contribution in [0.1, 0.15) is 5.56 Å². The number of thiocarbonyl (C=S) groups is 1. The Morgan fingerprint density at radius 1 is 1.11 bits per heavy atom. The maximum absolute atomic E-state index is 5.58. The topological polar surface area (TPSA) is 47.7 Å². The van der Waals surface area contributed by atoms with Gasteiger partial charge in [-0.2, -0.15) is 0 Å². The molecule has 0 amide bonds. The number of hydrogen-bond donors (Lipinski definition) is 1. The number of ether oxygens (including phenoxy) is 2. The Hall–Kier alpha value is -1.17. The second kappa shape index (κ2) is 8.02. The van der Waals surface area contributed by atoms with Gasteiger partial charge in [-0.05, 0) is 24.3 Å². The van der Waals surface area contributed by atoms with Crippen LogP contribution < -0.4 is 10.6 Å². The van der Waals surface area contributed by atoms with Crippen LogP contribution in [0.5, 0.6) is 0 Å². The second-order valence-electron chi connectivity index (χ2n) is 3.88. The summed E-state index contributed by atoms with van der Waals surface area (Å²) in [5, 5.41) is 0. The van der Waals surface area contributed by atoms with Crippen molar-refractivity contribution in [3.8, 4) is 0 Å². The number of nitrogens with two attached hydrogens (primary N) is 1. The van der Waals surface area contributed by atoms with E-state index in [0.29, 0.717) is 18.2 Å². The summed E-state index contributed by atoms with van der Waals surface area (Å²) in [7, 11) is 3.40. The van der Waals surface area contributed by atoms with E-state index in [1.54, 1.807) is 14.2 Å². The van der Waals surface area contributed by atoms with Gasteiger partial charge >= 0.3 is 0 Å². The van der Waals surface area contributed by atoms with Gasteiger partial charge in [-0.25, -0.2) is 0 Å². The van der Waals surface area contributed by atoms with E-state index >= 15 is 0 Å². The van der Waals surface area contributed by atoms with Gasteiger partial charge < -0.3 is 20.1 Å². The van der Waals surface area contributed by atoms with E-state index in [4.69, 9.17) is 27.4 Å². The number of rotatable bonds is 8. The molecule has 1 aromatic carbocycles. The molecule has 0 aliphatic carbocycles. The van der Waals surface area contributed by atoms with Gasteiger partial charge in [-0.15, -0.1) is 0 Å². The van der Waals surface area contributed by atoms with Gasteiger partial charge in [0, 0.05) is 38.6 Å². The van der Waals surface area contributed by atoms with Crippen LogP contribution in [0.15, 0.2) is 24.3 Å². The van der Waals surface area contributed by atoms with Crippen LogP contribution in [0, 0.1) is 0 Å². The average molecular weight is 268 g/mol. The number of anilines is 1. The van der Waals surface area contributed by atoms with E-state index < -0.39 is 0 Å². The normalized spacial score (nSPS) is 10.3. The summed E-state index contributed by atoms with van der Waals surface area (Å²) in [4.78, 5) is 2.62. The van der Waals surface area contributed by atoms with Gasteiger partial charge in [0.25, 0.3) is 0 Å². The summed E-state index contributed by atoms with van der Waals surface area (Å²) in [5.74, 6) is 0. The lowest BCUT2D eigenvalue weighted by Gasteiger charge is -2.24. The van der Waals surface area contributed by atoms with Crippen molar-refractivity contribution < 1.29 is 9.47 Å². The molecule has 18 heavy (non-hydrogen) atoms. The zero-order valence-electron chi connectivity index (χ0n) is 10.9. The first kappa shape index (κ1) is 14.9. The van der Waals surface area contributed by atoms with Gasteiger partial charge in [0.05, 0.1) is 13.2 Å². The van der Waals surface area contributed by atoms with E-state index in [-0.39, 0.29) is 0 Å². The van der Waals surface area contributed by atoms with E-state index in [1.165, 1.54) is 0 Å². The van der Waals surface area contributed by atoms with Crippen molar-refractivity contribution in [1.29, 1.82) is 0 Å². The highest BCUT2D eigenvalue weighted by Gasteiger charge is 2.06. The van der Waals surface area contributed by atoms with Crippen LogP contribution in [0.2, 0.25) is 0 Å². The Balaban J connectivity index is 2.73. The third-order valence-corrected chi connectivity index (χ3v) is 2.88. The van der Waals surface area contributed by atoms with Crippen LogP contribution in [-0.4, -0.2) is 45.5 Å². The predicted octanol–water partition coefficient (Wildman–Crippen LogP) is 1.42. The molecule has 0 atom stereocenters. The van der Waals surface area contributed by atoms with Crippen molar-refractivity contribution in [3.63, 3.8) is 0 Å². The van der Waals surface area contributed by atoms with Gasteiger partial charge in [-0.1, -0.05) is 12.2 Å². The van der Waals surface area contributed by atoms with Gasteiger partial charge in [0.2, 0.25) is 0 Å². The smallest absolute Gasteiger partial charge is 0.103 e. The fourth-order valence-corrected chi connectivity index (χ4v) is 1.75. The Morgan fingerprint density at radius 2 is 1.61 bits per heavy atom. The van der Waals surface area contributed by atoms with E-state index in [0.717, 1.165) is 24.3 Å². The van der Waals surface area contributed by atoms with Crippen LogP contribution in [-0.2, 0) is 9.47 Å². The highest BCUT2D eigenvalue weighted by molar-refractivity contribution is 7.80. The summed E-state index contributed by atoms with van der Waals surface area (Å²) in [6, 6.07) is 7.90. The zero-order chi connectivity index (χ0) is 13.4. The molecule has 5 heteroatoms. The first-order chi connectivity index (χ1) is 8.69. The number of nitrogens with zero attached hydrogens (tertiary/aromatic N) is 1. The fraction of sp³-hybridized carbons (Fsp3) is 0.462. The number of benzene rings is 1. The van der Waals surface area contributed by atoms with Crippen molar-refractivity contribution in [2.75, 3.05) is 45.4 Å². The standard InChI is InChI=1S/C13H20N2O2S/c1-16-9-7-15(8-10-17-2)12-5-3-11(4-6-12)13(14)18/h3-6H,7-10H2,1-2H3,(H2,14,18). The van der Waals surface area contributed by atoms with E-state index in [1.807, 2.05) is 24.3 Å². The second-order valence-corrected chi connectivity index (χ2v) is 4.32. The van der Waals surface area contributed by atoms with Gasteiger partial charge in [0.15, 0.2) is 0 Å². The molecule has 2 N–H and O–H groups in total. The van der Waals surface area contributed by atoms with Crippen molar-refractivity contribution in [2.24, 2.45) is 5.73 Å². The molecule has 0 aliphatic heterocycles. The maximum atomic E-state index is 5.58. The zero-order valence-corrected chi connectivity index (χ0v) is 11.7. The quantitative estimate of drug-likeness (QED) is 0.723. The minimum Gasteiger partial charge on any atom is -0.389 e. The molecular weight excluding hydrogens is 248 g/mol. The third-order valence-electron chi connectivity index (χ3n) is 2.65. The highest BCUT2D eigenvalue weighted by Crippen LogP contribution is 2.15. The lowest BCUT2D eigenvalue weighted by atomic mass is 10.2. The first-order valence-corrected chi connectivity index (χ1v) is 6.22. The monoisotopic (exact) mass is 268 g/mol. The molecule has 100 valence electrons. The molecule has 0 saturated heterocycles. The summed E-state index contributed by atoms with van der Waals surface area (Å²) in [5.41, 5.74) is 7.57. The van der Waals surface area contributed by atoms with Crippen molar-refractivity contribution in [3.05, 3.63) is 29.8 Å². The van der Waals surface area contributed by atoms with Crippen LogP contribution in [0.25, 0.3) is 0 Å². The highest BCUT2D eigenvalue weighted by atomic mass is 32.1. The molecule has 0 unspecified atom stereocenters. The number of hydrogen-bond acceptors (Lipinski definition) is 4. The van der Waals surface area contributed by atoms with Gasteiger partial charge in [0.1, 0.15) is 4.99 Å². The number of methoxy groups -OCH3 is 2. The lowest BCUT2D eigenvalue weighted by Crippen LogP contribution is -2.30. The Kier molecular flexibility index (Phi) is 6.64. The Labute approximate surface area is 114 Å². The molecule has 1 aromatic rings.